The van der Waals surface area contributed by atoms with E-state index < -0.39 is 5.97 Å². The van der Waals surface area contributed by atoms with Crippen LogP contribution in [0.15, 0.2) is 115 Å². The third-order valence-electron chi connectivity index (χ3n) is 9.24. The van der Waals surface area contributed by atoms with Crippen molar-refractivity contribution in [3.8, 4) is 44.9 Å². The summed E-state index contributed by atoms with van der Waals surface area (Å²) in [7, 11) is 0.999. The van der Waals surface area contributed by atoms with E-state index in [9.17, 15) is 15.0 Å². The number of ether oxygens (including phenoxy) is 1. The number of carbonyl (C=O) groups excluding carboxylic acids is 1. The highest BCUT2D eigenvalue weighted by Gasteiger charge is 2.51. The summed E-state index contributed by atoms with van der Waals surface area (Å²) in [6.07, 6.45) is 1.62. The monoisotopic (exact) mass is 673 g/mol. The van der Waals surface area contributed by atoms with Crippen molar-refractivity contribution in [2.24, 2.45) is 0 Å². The Hall–Kier alpha value is -5.02. The standard InChI is InChI=1S/C22H16ClNO3.C18H21BO3/c1-27-22(26)18-12-24-20-11-19(23)16(10-17(18)20)14-8-6-13(7-9-14)15-4-2-3-5-21(15)25;1-17(2)18(3,4)22-19(21-17)14-11-9-13(10-12-14)15-7-5-6-8-16(15)20/h2-12,24-25H,1H3;5-12,20H,1-4H3. The lowest BCUT2D eigenvalue weighted by molar-refractivity contribution is 0.00578. The molecule has 0 saturated carbocycles. The molecule has 6 aromatic rings. The second kappa shape index (κ2) is 13.5. The number of carbonyl (C=O) groups is 1. The molecule has 1 fully saturated rings. The number of aromatic hydroxyl groups is 2. The summed E-state index contributed by atoms with van der Waals surface area (Å²) in [4.78, 5) is 15.0. The molecule has 1 saturated heterocycles. The number of methoxy groups -OCH3 is 1. The number of hydrogen-bond donors (Lipinski definition) is 3. The molecule has 1 aliphatic rings. The fraction of sp³-hybridized carbons (Fsp3) is 0.175. The van der Waals surface area contributed by atoms with Gasteiger partial charge >= 0.3 is 13.1 Å². The first-order valence-electron chi connectivity index (χ1n) is 15.9. The summed E-state index contributed by atoms with van der Waals surface area (Å²) < 4.78 is 16.9. The lowest BCUT2D eigenvalue weighted by atomic mass is 9.78. The van der Waals surface area contributed by atoms with Crippen molar-refractivity contribution in [1.82, 2.24) is 4.98 Å². The highest BCUT2D eigenvalue weighted by Crippen LogP contribution is 2.38. The van der Waals surface area contributed by atoms with Gasteiger partial charge in [-0.1, -0.05) is 96.5 Å². The number of rotatable bonds is 5. The van der Waals surface area contributed by atoms with E-state index in [0.29, 0.717) is 10.6 Å². The number of benzene rings is 5. The number of phenolic OH excluding ortho intramolecular Hbond substituents is 2. The minimum atomic E-state index is -0.399. The Morgan fingerprint density at radius 1 is 0.714 bits per heavy atom. The Balaban J connectivity index is 0.000000174. The number of aromatic amines is 1. The smallest absolute Gasteiger partial charge is 0.494 e. The zero-order valence-electron chi connectivity index (χ0n) is 28.0. The third-order valence-corrected chi connectivity index (χ3v) is 9.55. The Bertz CT molecular complexity index is 2110. The molecule has 5 aromatic carbocycles. The van der Waals surface area contributed by atoms with Crippen LogP contribution in [-0.2, 0) is 14.0 Å². The maximum Gasteiger partial charge on any atom is 0.494 e. The van der Waals surface area contributed by atoms with Crippen molar-refractivity contribution in [2.45, 2.75) is 38.9 Å². The maximum absolute atomic E-state index is 12.0. The van der Waals surface area contributed by atoms with Crippen LogP contribution >= 0.6 is 11.6 Å². The molecule has 0 spiro atoms. The maximum atomic E-state index is 12.0. The number of halogens is 1. The molecule has 248 valence electrons. The number of hydrogen-bond acceptors (Lipinski definition) is 6. The molecular formula is C40H37BClNO6. The predicted molar refractivity (Wildman–Crippen MR) is 196 cm³/mol. The van der Waals surface area contributed by atoms with Crippen LogP contribution in [0.4, 0.5) is 0 Å². The van der Waals surface area contributed by atoms with Crippen LogP contribution in [0.25, 0.3) is 44.3 Å². The van der Waals surface area contributed by atoms with Crippen LogP contribution in [0.1, 0.15) is 38.1 Å². The van der Waals surface area contributed by atoms with Gasteiger partial charge in [0.05, 0.1) is 28.9 Å². The molecule has 0 aliphatic carbocycles. The molecule has 0 unspecified atom stereocenters. The predicted octanol–water partition coefficient (Wildman–Crippen LogP) is 9.01. The van der Waals surface area contributed by atoms with Crippen LogP contribution in [0.3, 0.4) is 0 Å². The largest absolute Gasteiger partial charge is 0.507 e. The highest BCUT2D eigenvalue weighted by atomic mass is 35.5. The molecule has 7 nitrogen and oxygen atoms in total. The summed E-state index contributed by atoms with van der Waals surface area (Å²) >= 11 is 6.47. The minimum Gasteiger partial charge on any atom is -0.507 e. The molecule has 9 heteroatoms. The average molecular weight is 674 g/mol. The molecule has 49 heavy (non-hydrogen) atoms. The molecule has 0 atom stereocenters. The van der Waals surface area contributed by atoms with Gasteiger partial charge in [-0.25, -0.2) is 4.79 Å². The molecule has 3 N–H and O–H groups in total. The van der Waals surface area contributed by atoms with Crippen molar-refractivity contribution in [2.75, 3.05) is 7.11 Å². The zero-order chi connectivity index (χ0) is 34.9. The van der Waals surface area contributed by atoms with Gasteiger partial charge in [0.1, 0.15) is 11.5 Å². The van der Waals surface area contributed by atoms with E-state index in [0.717, 1.165) is 49.7 Å². The number of nitrogens with one attached hydrogen (secondary N) is 1. The van der Waals surface area contributed by atoms with E-state index >= 15 is 0 Å². The van der Waals surface area contributed by atoms with E-state index in [4.69, 9.17) is 25.6 Å². The number of fused-ring (bicyclic) bond motifs is 1. The fourth-order valence-corrected chi connectivity index (χ4v) is 5.98. The summed E-state index contributed by atoms with van der Waals surface area (Å²) in [6.45, 7) is 8.18. The SMILES string of the molecule is CC1(C)OB(c2ccc(-c3ccccc3O)cc2)OC1(C)C.COC(=O)c1c[nH]c2cc(Cl)c(-c3ccc(-c4ccccc4O)cc3)cc12. The average Bonchev–Trinajstić information content (AvgIpc) is 3.60. The van der Waals surface area contributed by atoms with Crippen LogP contribution < -0.4 is 5.46 Å². The van der Waals surface area contributed by atoms with Crippen molar-refractivity contribution in [1.29, 1.82) is 0 Å². The molecule has 2 heterocycles. The van der Waals surface area contributed by atoms with E-state index in [1.165, 1.54) is 7.11 Å². The van der Waals surface area contributed by atoms with Crippen molar-refractivity contribution < 1.29 is 29.1 Å². The molecular weight excluding hydrogens is 637 g/mol. The van der Waals surface area contributed by atoms with Gasteiger partial charge < -0.3 is 29.2 Å². The topological polar surface area (TPSA) is 101 Å². The lowest BCUT2D eigenvalue weighted by Crippen LogP contribution is -2.41. The Labute approximate surface area is 291 Å². The van der Waals surface area contributed by atoms with Gasteiger partial charge in [0, 0.05) is 33.8 Å². The highest BCUT2D eigenvalue weighted by molar-refractivity contribution is 6.62. The number of esters is 1. The van der Waals surface area contributed by atoms with Crippen LogP contribution in [-0.4, -0.2) is 46.6 Å². The lowest BCUT2D eigenvalue weighted by Gasteiger charge is -2.32. The van der Waals surface area contributed by atoms with Crippen LogP contribution in [0.2, 0.25) is 5.02 Å². The summed E-state index contributed by atoms with van der Waals surface area (Å²) in [5.41, 5.74) is 6.75. The van der Waals surface area contributed by atoms with Gasteiger partial charge in [0.2, 0.25) is 0 Å². The van der Waals surface area contributed by atoms with Gasteiger partial charge in [-0.05, 0) is 74.1 Å². The third kappa shape index (κ3) is 6.81. The molecule has 1 aliphatic heterocycles. The number of para-hydroxylation sites is 2. The second-order valence-corrected chi connectivity index (χ2v) is 13.3. The number of aromatic nitrogens is 1. The van der Waals surface area contributed by atoms with Gasteiger partial charge in [-0.3, -0.25) is 0 Å². The van der Waals surface area contributed by atoms with Crippen molar-refractivity contribution in [3.05, 3.63) is 126 Å². The summed E-state index contributed by atoms with van der Waals surface area (Å²) in [5.74, 6) is 0.120. The summed E-state index contributed by atoms with van der Waals surface area (Å²) in [5, 5.41) is 21.3. The molecule has 0 bridgehead atoms. The van der Waals surface area contributed by atoms with Crippen LogP contribution in [0, 0.1) is 0 Å². The molecule has 0 radical (unpaired) electrons. The minimum absolute atomic E-state index is 0.236. The van der Waals surface area contributed by atoms with Crippen molar-refractivity contribution >= 4 is 41.1 Å². The van der Waals surface area contributed by atoms with E-state index in [1.807, 2.05) is 113 Å². The fourth-order valence-electron chi connectivity index (χ4n) is 5.71. The normalized spacial score (nSPS) is 14.7. The van der Waals surface area contributed by atoms with Crippen LogP contribution in [0.5, 0.6) is 11.5 Å². The Morgan fingerprint density at radius 2 is 1.18 bits per heavy atom. The first-order chi connectivity index (χ1) is 23.4. The number of phenols is 2. The molecule has 0 amide bonds. The van der Waals surface area contributed by atoms with Gasteiger partial charge in [-0.15, -0.1) is 0 Å². The van der Waals surface area contributed by atoms with Gasteiger partial charge in [0.25, 0.3) is 0 Å². The van der Waals surface area contributed by atoms with Gasteiger partial charge in [-0.2, -0.15) is 0 Å². The first-order valence-corrected chi connectivity index (χ1v) is 16.3. The molecule has 1 aromatic heterocycles. The number of H-pyrrole nitrogens is 1. The van der Waals surface area contributed by atoms with E-state index in [2.05, 4.69) is 4.98 Å². The first kappa shape index (κ1) is 33.9. The second-order valence-electron chi connectivity index (χ2n) is 12.9. The van der Waals surface area contributed by atoms with Crippen molar-refractivity contribution in [3.63, 3.8) is 0 Å². The zero-order valence-corrected chi connectivity index (χ0v) is 28.7. The Kier molecular flexibility index (Phi) is 9.31. The van der Waals surface area contributed by atoms with Gasteiger partial charge in [0.15, 0.2) is 0 Å². The molecule has 7 rings (SSSR count). The Morgan fingerprint density at radius 3 is 1.67 bits per heavy atom. The summed E-state index contributed by atoms with van der Waals surface area (Å²) in [6, 6.07) is 33.9. The quantitative estimate of drug-likeness (QED) is 0.125. The van der Waals surface area contributed by atoms with E-state index in [-0.39, 0.29) is 29.8 Å². The van der Waals surface area contributed by atoms with E-state index in [1.54, 1.807) is 30.5 Å².